The van der Waals surface area contributed by atoms with Gasteiger partial charge in [-0.05, 0) is 24.0 Å². The second kappa shape index (κ2) is 6.33. The molecule has 0 aliphatic rings. The van der Waals surface area contributed by atoms with Gasteiger partial charge in [-0.2, -0.15) is 0 Å². The maximum absolute atomic E-state index is 12.3. The lowest BCUT2D eigenvalue weighted by Crippen LogP contribution is -2.37. The molecule has 1 heterocycles. The third kappa shape index (κ3) is 4.31. The Bertz CT molecular complexity index is 376. The molecule has 2 N–H and O–H groups in total. The highest BCUT2D eigenvalue weighted by atomic mass is 16.2. The molecule has 0 atom stereocenters. The molecule has 0 saturated carbocycles. The van der Waals surface area contributed by atoms with Crippen LogP contribution in [-0.2, 0) is 0 Å². The van der Waals surface area contributed by atoms with Crippen LogP contribution < -0.4 is 5.73 Å². The Morgan fingerprint density at radius 1 is 1.17 bits per heavy atom. The topological polar surface area (TPSA) is 72.1 Å². The van der Waals surface area contributed by atoms with Crippen molar-refractivity contribution < 1.29 is 4.79 Å². The van der Waals surface area contributed by atoms with Gasteiger partial charge in [0.15, 0.2) is 5.69 Å². The number of carbonyl (C=O) groups excluding carboxylic acids is 1. The van der Waals surface area contributed by atoms with Crippen molar-refractivity contribution >= 4 is 11.7 Å². The number of rotatable bonds is 5. The molecule has 0 fully saturated rings. The third-order valence-corrected chi connectivity index (χ3v) is 2.36. The van der Waals surface area contributed by atoms with E-state index in [0.717, 1.165) is 13.1 Å². The molecule has 5 heteroatoms. The summed E-state index contributed by atoms with van der Waals surface area (Å²) in [6.07, 6.45) is 0. The van der Waals surface area contributed by atoms with Crippen molar-refractivity contribution in [2.45, 2.75) is 27.7 Å². The van der Waals surface area contributed by atoms with Crippen LogP contribution >= 0.6 is 0 Å². The number of carbonyl (C=O) groups is 1. The summed E-state index contributed by atoms with van der Waals surface area (Å²) in [5.74, 6) is 1.10. The fourth-order valence-electron chi connectivity index (χ4n) is 1.74. The van der Waals surface area contributed by atoms with Crippen molar-refractivity contribution in [3.8, 4) is 0 Å². The Balaban J connectivity index is 2.83. The van der Waals surface area contributed by atoms with Gasteiger partial charge < -0.3 is 10.6 Å². The molecule has 1 aromatic heterocycles. The lowest BCUT2D eigenvalue weighted by Gasteiger charge is -2.25. The lowest BCUT2D eigenvalue weighted by molar-refractivity contribution is 0.0708. The highest BCUT2D eigenvalue weighted by Crippen LogP contribution is 2.09. The van der Waals surface area contributed by atoms with Gasteiger partial charge in [-0.15, -0.1) is 10.2 Å². The van der Waals surface area contributed by atoms with Gasteiger partial charge >= 0.3 is 0 Å². The minimum absolute atomic E-state index is 0.0788. The summed E-state index contributed by atoms with van der Waals surface area (Å²) in [6.45, 7) is 9.82. The highest BCUT2D eigenvalue weighted by molar-refractivity contribution is 5.92. The fourth-order valence-corrected chi connectivity index (χ4v) is 1.74. The van der Waals surface area contributed by atoms with Crippen molar-refractivity contribution in [3.05, 3.63) is 17.8 Å². The second-order valence-electron chi connectivity index (χ2n) is 5.34. The molecule has 5 nitrogen and oxygen atoms in total. The third-order valence-electron chi connectivity index (χ3n) is 2.36. The summed E-state index contributed by atoms with van der Waals surface area (Å²) in [6, 6.07) is 3.22. The first-order valence-electron chi connectivity index (χ1n) is 6.28. The first-order valence-corrected chi connectivity index (χ1v) is 6.28. The van der Waals surface area contributed by atoms with Crippen molar-refractivity contribution in [2.75, 3.05) is 18.8 Å². The van der Waals surface area contributed by atoms with Crippen molar-refractivity contribution in [1.82, 2.24) is 15.1 Å². The summed E-state index contributed by atoms with van der Waals surface area (Å²) in [5, 5.41) is 7.57. The molecule has 0 spiro atoms. The number of hydrogen-bond donors (Lipinski definition) is 1. The summed E-state index contributed by atoms with van der Waals surface area (Å²) in [7, 11) is 0. The van der Waals surface area contributed by atoms with Crippen LogP contribution in [0.4, 0.5) is 5.82 Å². The van der Waals surface area contributed by atoms with Gasteiger partial charge in [0.2, 0.25) is 0 Å². The maximum Gasteiger partial charge on any atom is 0.274 e. The molecule has 0 saturated heterocycles. The average Bonchev–Trinajstić information content (AvgIpc) is 2.27. The Morgan fingerprint density at radius 2 is 1.72 bits per heavy atom. The van der Waals surface area contributed by atoms with Gasteiger partial charge in [-0.3, -0.25) is 4.79 Å². The monoisotopic (exact) mass is 250 g/mol. The molecule has 0 aliphatic heterocycles. The van der Waals surface area contributed by atoms with E-state index in [1.54, 1.807) is 12.1 Å². The Morgan fingerprint density at radius 3 is 2.11 bits per heavy atom. The molecule has 0 bridgehead atoms. The molecule has 1 aromatic rings. The van der Waals surface area contributed by atoms with E-state index in [1.807, 2.05) is 4.90 Å². The van der Waals surface area contributed by atoms with Crippen molar-refractivity contribution in [1.29, 1.82) is 0 Å². The Labute approximate surface area is 108 Å². The van der Waals surface area contributed by atoms with Crippen LogP contribution in [0.25, 0.3) is 0 Å². The van der Waals surface area contributed by atoms with Crippen molar-refractivity contribution in [3.63, 3.8) is 0 Å². The zero-order valence-electron chi connectivity index (χ0n) is 11.6. The standard InChI is InChI=1S/C13H22N4O/c1-9(2)7-17(8-10(3)4)13(18)11-5-6-12(14)16-15-11/h5-6,9-10H,7-8H2,1-4H3,(H2,14,16). The number of nitrogens with two attached hydrogens (primary N) is 1. The van der Waals surface area contributed by atoms with E-state index >= 15 is 0 Å². The van der Waals surface area contributed by atoms with Crippen LogP contribution in [0, 0.1) is 11.8 Å². The van der Waals surface area contributed by atoms with Crippen LogP contribution in [0.1, 0.15) is 38.2 Å². The minimum atomic E-state index is -0.0788. The lowest BCUT2D eigenvalue weighted by atomic mass is 10.1. The average molecular weight is 250 g/mol. The van der Waals surface area contributed by atoms with Gasteiger partial charge in [0.05, 0.1) is 0 Å². The van der Waals surface area contributed by atoms with Crippen LogP contribution in [0.3, 0.4) is 0 Å². The van der Waals surface area contributed by atoms with E-state index in [-0.39, 0.29) is 5.91 Å². The number of nitrogens with zero attached hydrogens (tertiary/aromatic N) is 3. The smallest absolute Gasteiger partial charge is 0.274 e. The van der Waals surface area contributed by atoms with Gasteiger partial charge in [0, 0.05) is 13.1 Å². The fraction of sp³-hybridized carbons (Fsp3) is 0.615. The van der Waals surface area contributed by atoms with Crippen LogP contribution in [0.15, 0.2) is 12.1 Å². The molecular weight excluding hydrogens is 228 g/mol. The zero-order valence-corrected chi connectivity index (χ0v) is 11.6. The summed E-state index contributed by atoms with van der Waals surface area (Å²) in [5.41, 5.74) is 5.82. The molecule has 0 aliphatic carbocycles. The molecule has 18 heavy (non-hydrogen) atoms. The molecule has 0 aromatic carbocycles. The largest absolute Gasteiger partial charge is 0.382 e. The predicted molar refractivity (Wildman–Crippen MR) is 72.0 cm³/mol. The second-order valence-corrected chi connectivity index (χ2v) is 5.34. The first kappa shape index (κ1) is 14.4. The number of aromatic nitrogens is 2. The Kier molecular flexibility index (Phi) is 5.07. The number of hydrogen-bond acceptors (Lipinski definition) is 4. The minimum Gasteiger partial charge on any atom is -0.382 e. The molecule has 1 amide bonds. The van der Waals surface area contributed by atoms with E-state index in [1.165, 1.54) is 0 Å². The van der Waals surface area contributed by atoms with Gasteiger partial charge in [0.25, 0.3) is 5.91 Å². The SMILES string of the molecule is CC(C)CN(CC(C)C)C(=O)c1ccc(N)nn1. The van der Waals surface area contributed by atoms with E-state index < -0.39 is 0 Å². The number of nitrogen functional groups attached to an aromatic ring is 1. The quantitative estimate of drug-likeness (QED) is 0.865. The molecular formula is C13H22N4O. The Hall–Kier alpha value is -1.65. The van der Waals surface area contributed by atoms with Gasteiger partial charge in [0.1, 0.15) is 5.82 Å². The van der Waals surface area contributed by atoms with Gasteiger partial charge in [-0.25, -0.2) is 0 Å². The normalized spacial score (nSPS) is 11.0. The molecule has 0 unspecified atom stereocenters. The van der Waals surface area contributed by atoms with E-state index in [4.69, 9.17) is 5.73 Å². The zero-order chi connectivity index (χ0) is 13.7. The van der Waals surface area contributed by atoms with Crippen LogP contribution in [0.5, 0.6) is 0 Å². The first-order chi connectivity index (χ1) is 8.40. The summed E-state index contributed by atoms with van der Waals surface area (Å²) >= 11 is 0. The predicted octanol–water partition coefficient (Wildman–Crippen LogP) is 1.81. The van der Waals surface area contributed by atoms with E-state index in [2.05, 4.69) is 37.9 Å². The van der Waals surface area contributed by atoms with Crippen LogP contribution in [-0.4, -0.2) is 34.1 Å². The van der Waals surface area contributed by atoms with E-state index in [0.29, 0.717) is 23.3 Å². The maximum atomic E-state index is 12.3. The summed E-state index contributed by atoms with van der Waals surface area (Å²) < 4.78 is 0. The van der Waals surface area contributed by atoms with Crippen molar-refractivity contribution in [2.24, 2.45) is 11.8 Å². The van der Waals surface area contributed by atoms with E-state index in [9.17, 15) is 4.79 Å². The van der Waals surface area contributed by atoms with Crippen LogP contribution in [0.2, 0.25) is 0 Å². The number of amides is 1. The molecule has 0 radical (unpaired) electrons. The summed E-state index contributed by atoms with van der Waals surface area (Å²) in [4.78, 5) is 14.1. The molecule has 1 rings (SSSR count). The number of anilines is 1. The van der Waals surface area contributed by atoms with Gasteiger partial charge in [-0.1, -0.05) is 27.7 Å². The highest BCUT2D eigenvalue weighted by Gasteiger charge is 2.19. The molecule has 100 valence electrons.